The summed E-state index contributed by atoms with van der Waals surface area (Å²) in [6.07, 6.45) is 6.87. The number of hydrogen-bond donors (Lipinski definition) is 1. The number of benzene rings is 3. The third-order valence-corrected chi connectivity index (χ3v) is 8.22. The van der Waals surface area contributed by atoms with Crippen LogP contribution in [0.2, 0.25) is 0 Å². The maximum Gasteiger partial charge on any atom is 0.337 e. The molecule has 3 aromatic rings. The molecule has 6 heteroatoms. The predicted octanol–water partition coefficient (Wildman–Crippen LogP) is 6.96. The van der Waals surface area contributed by atoms with Crippen LogP contribution in [-0.4, -0.2) is 37.2 Å². The van der Waals surface area contributed by atoms with Crippen LogP contribution in [-0.2, 0) is 10.3 Å². The molecule has 1 heterocycles. The van der Waals surface area contributed by atoms with E-state index in [1.165, 1.54) is 18.2 Å². The summed E-state index contributed by atoms with van der Waals surface area (Å²) >= 11 is 0. The standard InChI is InChI=1S/C33H35NO5/c1-4-9-30-33(39-27-13-8-12-25(20-27)32(37)38-3,28-19-16-24(31(35)36)21-29(28)34(30)2)26-17-14-23(15-18-26)22-10-6-5-7-11-22/h5-8,10-13,16-17,19-21,23,30H,4,9,14-15,18H2,1-3H3,(H,35,36). The van der Waals surface area contributed by atoms with Gasteiger partial charge < -0.3 is 19.5 Å². The van der Waals surface area contributed by atoms with Crippen molar-refractivity contribution in [3.05, 3.63) is 107 Å². The number of likely N-dealkylation sites (N-methyl/N-ethyl adjacent to an activating group) is 1. The van der Waals surface area contributed by atoms with Gasteiger partial charge in [-0.2, -0.15) is 0 Å². The molecule has 3 atom stereocenters. The summed E-state index contributed by atoms with van der Waals surface area (Å²) in [5.74, 6) is -0.358. The average Bonchev–Trinajstić information content (AvgIpc) is 3.20. The van der Waals surface area contributed by atoms with Crippen molar-refractivity contribution in [1.29, 1.82) is 0 Å². The molecule has 0 amide bonds. The van der Waals surface area contributed by atoms with Gasteiger partial charge in [-0.05, 0) is 73.1 Å². The molecule has 5 rings (SSSR count). The minimum Gasteiger partial charge on any atom is -0.478 e. The smallest absolute Gasteiger partial charge is 0.337 e. The van der Waals surface area contributed by atoms with Crippen LogP contribution in [0, 0.1) is 0 Å². The number of rotatable bonds is 8. The third-order valence-electron chi connectivity index (χ3n) is 8.22. The number of allylic oxidation sites excluding steroid dienone is 1. The van der Waals surface area contributed by atoms with Crippen LogP contribution >= 0.6 is 0 Å². The second-order valence-electron chi connectivity index (χ2n) is 10.4. The lowest BCUT2D eigenvalue weighted by Gasteiger charge is -2.42. The number of carbonyl (C=O) groups excluding carboxylic acids is 1. The van der Waals surface area contributed by atoms with Gasteiger partial charge in [-0.25, -0.2) is 9.59 Å². The largest absolute Gasteiger partial charge is 0.478 e. The Hall–Kier alpha value is -4.06. The lowest BCUT2D eigenvalue weighted by atomic mass is 9.73. The molecular weight excluding hydrogens is 490 g/mol. The molecule has 0 fully saturated rings. The Morgan fingerprint density at radius 1 is 1.03 bits per heavy atom. The second-order valence-corrected chi connectivity index (χ2v) is 10.4. The molecular formula is C33H35NO5. The first kappa shape index (κ1) is 26.5. The first-order valence-corrected chi connectivity index (χ1v) is 13.6. The predicted molar refractivity (Wildman–Crippen MR) is 152 cm³/mol. The first-order valence-electron chi connectivity index (χ1n) is 13.6. The monoisotopic (exact) mass is 525 g/mol. The van der Waals surface area contributed by atoms with Gasteiger partial charge in [0.1, 0.15) is 5.75 Å². The van der Waals surface area contributed by atoms with Gasteiger partial charge in [0.25, 0.3) is 0 Å². The number of ether oxygens (including phenoxy) is 2. The number of carbonyl (C=O) groups is 2. The Morgan fingerprint density at radius 3 is 2.49 bits per heavy atom. The molecule has 0 spiro atoms. The van der Waals surface area contributed by atoms with Crippen molar-refractivity contribution in [2.24, 2.45) is 0 Å². The highest BCUT2D eigenvalue weighted by atomic mass is 16.5. The van der Waals surface area contributed by atoms with Gasteiger partial charge in [-0.15, -0.1) is 0 Å². The summed E-state index contributed by atoms with van der Waals surface area (Å²) in [5.41, 5.74) is 4.21. The van der Waals surface area contributed by atoms with Crippen molar-refractivity contribution in [2.45, 2.75) is 56.6 Å². The summed E-state index contributed by atoms with van der Waals surface area (Å²) in [6.45, 7) is 2.16. The molecule has 0 radical (unpaired) electrons. The zero-order valence-electron chi connectivity index (χ0n) is 22.7. The Labute approximate surface area is 229 Å². The number of esters is 1. The fourth-order valence-corrected chi connectivity index (χ4v) is 6.33. The lowest BCUT2D eigenvalue weighted by molar-refractivity contribution is 0.0593. The number of carboxylic acid groups (broad SMARTS) is 1. The van der Waals surface area contributed by atoms with E-state index in [-0.39, 0.29) is 11.6 Å². The molecule has 1 aliphatic carbocycles. The van der Waals surface area contributed by atoms with E-state index >= 15 is 0 Å². The zero-order valence-corrected chi connectivity index (χ0v) is 22.7. The summed E-state index contributed by atoms with van der Waals surface area (Å²) in [6, 6.07) is 23.0. The maximum absolute atomic E-state index is 12.3. The summed E-state index contributed by atoms with van der Waals surface area (Å²) in [7, 11) is 3.39. The van der Waals surface area contributed by atoms with Crippen molar-refractivity contribution in [3.63, 3.8) is 0 Å². The minimum atomic E-state index is -0.954. The van der Waals surface area contributed by atoms with Crippen molar-refractivity contribution in [3.8, 4) is 5.75 Å². The van der Waals surface area contributed by atoms with Gasteiger partial charge in [-0.3, -0.25) is 0 Å². The number of carboxylic acids is 1. The first-order chi connectivity index (χ1) is 18.9. The highest BCUT2D eigenvalue weighted by Crippen LogP contribution is 2.54. The highest BCUT2D eigenvalue weighted by molar-refractivity contribution is 5.90. The normalized spacial score (nSPS) is 22.1. The van der Waals surface area contributed by atoms with E-state index in [0.717, 1.165) is 43.4 Å². The summed E-state index contributed by atoms with van der Waals surface area (Å²) in [5, 5.41) is 9.72. The average molecular weight is 526 g/mol. The zero-order chi connectivity index (χ0) is 27.6. The Kier molecular flexibility index (Phi) is 7.47. The Morgan fingerprint density at radius 2 is 1.82 bits per heavy atom. The van der Waals surface area contributed by atoms with E-state index < -0.39 is 17.5 Å². The Bertz CT molecular complexity index is 1400. The lowest BCUT2D eigenvalue weighted by Crippen LogP contribution is -2.49. The van der Waals surface area contributed by atoms with E-state index in [9.17, 15) is 14.7 Å². The molecule has 0 bridgehead atoms. The second kappa shape index (κ2) is 11.0. The number of anilines is 1. The van der Waals surface area contributed by atoms with Crippen molar-refractivity contribution < 1.29 is 24.2 Å². The van der Waals surface area contributed by atoms with Crippen LogP contribution in [0.25, 0.3) is 0 Å². The number of nitrogens with zero attached hydrogens (tertiary/aromatic N) is 1. The van der Waals surface area contributed by atoms with Crippen molar-refractivity contribution in [2.75, 3.05) is 19.1 Å². The van der Waals surface area contributed by atoms with E-state index in [1.54, 1.807) is 30.3 Å². The molecule has 202 valence electrons. The summed E-state index contributed by atoms with van der Waals surface area (Å²) in [4.78, 5) is 26.4. The minimum absolute atomic E-state index is 0.0529. The van der Waals surface area contributed by atoms with Gasteiger partial charge in [0.05, 0.1) is 24.3 Å². The highest BCUT2D eigenvalue weighted by Gasteiger charge is 2.54. The van der Waals surface area contributed by atoms with Crippen LogP contribution in [0.1, 0.15) is 76.8 Å². The van der Waals surface area contributed by atoms with E-state index in [0.29, 0.717) is 17.2 Å². The van der Waals surface area contributed by atoms with E-state index in [4.69, 9.17) is 9.47 Å². The van der Waals surface area contributed by atoms with Gasteiger partial charge >= 0.3 is 11.9 Å². The fraction of sp³-hybridized carbons (Fsp3) is 0.333. The van der Waals surface area contributed by atoms with Crippen LogP contribution in [0.4, 0.5) is 5.69 Å². The molecule has 39 heavy (non-hydrogen) atoms. The van der Waals surface area contributed by atoms with Gasteiger partial charge in [-0.1, -0.05) is 61.9 Å². The molecule has 0 saturated carbocycles. The van der Waals surface area contributed by atoms with Gasteiger partial charge in [0.2, 0.25) is 0 Å². The number of hydrogen-bond acceptors (Lipinski definition) is 5. The SMILES string of the molecule is CCCC1N(C)c2cc(C(=O)O)ccc2C1(Oc1cccc(C(=O)OC)c1)C1=CCC(c2ccccc2)CC1. The maximum atomic E-state index is 12.3. The molecule has 1 N–H and O–H groups in total. The van der Waals surface area contributed by atoms with Crippen LogP contribution < -0.4 is 9.64 Å². The summed E-state index contributed by atoms with van der Waals surface area (Å²) < 4.78 is 12.0. The molecule has 1 aliphatic heterocycles. The van der Waals surface area contributed by atoms with Crippen LogP contribution in [0.3, 0.4) is 0 Å². The number of aromatic carboxylic acids is 1. The van der Waals surface area contributed by atoms with Crippen LogP contribution in [0.5, 0.6) is 5.75 Å². The van der Waals surface area contributed by atoms with Crippen molar-refractivity contribution >= 4 is 17.6 Å². The number of methoxy groups -OCH3 is 1. The molecule has 2 aliphatic rings. The molecule has 3 unspecified atom stereocenters. The van der Waals surface area contributed by atoms with Gasteiger partial charge in [0.15, 0.2) is 5.60 Å². The number of fused-ring (bicyclic) bond motifs is 1. The molecule has 3 aromatic carbocycles. The Balaban J connectivity index is 1.65. The van der Waals surface area contributed by atoms with Crippen LogP contribution in [0.15, 0.2) is 84.4 Å². The molecule has 0 saturated heterocycles. The quantitative estimate of drug-likeness (QED) is 0.253. The third kappa shape index (κ3) is 4.80. The molecule has 0 aromatic heterocycles. The van der Waals surface area contributed by atoms with E-state index in [2.05, 4.69) is 42.2 Å². The van der Waals surface area contributed by atoms with E-state index in [1.807, 2.05) is 25.2 Å². The topological polar surface area (TPSA) is 76.1 Å². The van der Waals surface area contributed by atoms with Crippen molar-refractivity contribution in [1.82, 2.24) is 0 Å². The molecule has 6 nitrogen and oxygen atoms in total. The fourth-order valence-electron chi connectivity index (χ4n) is 6.33. The van der Waals surface area contributed by atoms with Gasteiger partial charge in [0, 0.05) is 18.3 Å².